The van der Waals surface area contributed by atoms with Crippen LogP contribution in [0.15, 0.2) is 54.6 Å². The highest BCUT2D eigenvalue weighted by molar-refractivity contribution is 7.92. The summed E-state index contributed by atoms with van der Waals surface area (Å²) in [7, 11) is -3.75. The fourth-order valence-corrected chi connectivity index (χ4v) is 4.87. The Bertz CT molecular complexity index is 1110. The Hall–Kier alpha value is -2.87. The van der Waals surface area contributed by atoms with E-state index in [1.54, 1.807) is 12.1 Å². The maximum Gasteiger partial charge on any atom is 0.244 e. The Balaban J connectivity index is 2.37. The predicted molar refractivity (Wildman–Crippen MR) is 147 cm³/mol. The second kappa shape index (κ2) is 12.4. The Kier molecular flexibility index (Phi) is 10.1. The zero-order chi connectivity index (χ0) is 27.1. The van der Waals surface area contributed by atoms with Crippen LogP contribution in [-0.2, 0) is 31.4 Å². The molecule has 0 fully saturated rings. The van der Waals surface area contributed by atoms with Gasteiger partial charge < -0.3 is 10.2 Å². The van der Waals surface area contributed by atoms with Gasteiger partial charge >= 0.3 is 0 Å². The van der Waals surface area contributed by atoms with Crippen LogP contribution in [0.5, 0.6) is 0 Å². The van der Waals surface area contributed by atoms with Gasteiger partial charge in [0.15, 0.2) is 0 Å². The first kappa shape index (κ1) is 29.4. The van der Waals surface area contributed by atoms with Crippen molar-refractivity contribution in [3.05, 3.63) is 65.7 Å². The molecule has 2 rings (SSSR count). The SMILES string of the molecule is CC[C@H](C(=O)NC(C)C)N(CCc1ccccc1)C(=O)CN(c1ccc(C(C)(C)C)cc1)S(C)(=O)=O. The van der Waals surface area contributed by atoms with Crippen molar-refractivity contribution < 1.29 is 18.0 Å². The van der Waals surface area contributed by atoms with Gasteiger partial charge in [0.1, 0.15) is 12.6 Å². The third-order valence-corrected chi connectivity index (χ3v) is 7.14. The molecule has 0 unspecified atom stereocenters. The summed E-state index contributed by atoms with van der Waals surface area (Å²) in [5.74, 6) is -0.656. The summed E-state index contributed by atoms with van der Waals surface area (Å²) in [4.78, 5) is 28.2. The Morgan fingerprint density at radius 2 is 1.56 bits per heavy atom. The zero-order valence-corrected chi connectivity index (χ0v) is 23.4. The van der Waals surface area contributed by atoms with E-state index in [0.717, 1.165) is 21.7 Å². The molecular weight excluding hydrogens is 474 g/mol. The van der Waals surface area contributed by atoms with Crippen LogP contribution in [0.3, 0.4) is 0 Å². The summed E-state index contributed by atoms with van der Waals surface area (Å²) in [6, 6.07) is 16.2. The lowest BCUT2D eigenvalue weighted by molar-refractivity contribution is -0.139. The lowest BCUT2D eigenvalue weighted by atomic mass is 9.87. The molecule has 0 saturated heterocycles. The summed E-state index contributed by atoms with van der Waals surface area (Å²) >= 11 is 0. The molecule has 2 aromatic carbocycles. The van der Waals surface area contributed by atoms with Crippen LogP contribution in [0.1, 0.15) is 59.1 Å². The fraction of sp³-hybridized carbons (Fsp3) is 0.500. The quantitative estimate of drug-likeness (QED) is 0.488. The third-order valence-electron chi connectivity index (χ3n) is 6.00. The number of carbonyl (C=O) groups excluding carboxylic acids is 2. The minimum absolute atomic E-state index is 0.0773. The normalized spacial score (nSPS) is 12.8. The molecule has 8 heteroatoms. The van der Waals surface area contributed by atoms with Gasteiger partial charge in [0.2, 0.25) is 21.8 Å². The van der Waals surface area contributed by atoms with Gasteiger partial charge in [0.25, 0.3) is 0 Å². The van der Waals surface area contributed by atoms with Crippen LogP contribution in [0.4, 0.5) is 5.69 Å². The predicted octanol–water partition coefficient (Wildman–Crippen LogP) is 4.12. The molecule has 0 radical (unpaired) electrons. The number of nitrogens with one attached hydrogen (secondary N) is 1. The van der Waals surface area contributed by atoms with E-state index in [1.807, 2.05) is 63.2 Å². The van der Waals surface area contributed by atoms with Crippen molar-refractivity contribution in [2.24, 2.45) is 0 Å². The van der Waals surface area contributed by atoms with Gasteiger partial charge in [-0.05, 0) is 55.4 Å². The average Bonchev–Trinajstić information content (AvgIpc) is 2.79. The molecule has 0 bridgehead atoms. The van der Waals surface area contributed by atoms with Crippen molar-refractivity contribution in [1.29, 1.82) is 0 Å². The van der Waals surface area contributed by atoms with E-state index in [4.69, 9.17) is 0 Å². The number of hydrogen-bond acceptors (Lipinski definition) is 4. The summed E-state index contributed by atoms with van der Waals surface area (Å²) < 4.78 is 26.6. The molecular formula is C28H41N3O4S. The number of amides is 2. The standard InChI is InChI=1S/C28H41N3O4S/c1-8-25(27(33)29-21(2)3)30(19-18-22-12-10-9-11-13-22)26(32)20-31(36(7,34)35)24-16-14-23(15-17-24)28(4,5)6/h9-17,21,25H,8,18-20H2,1-7H3,(H,29,33)/t25-/m1/s1. The molecule has 1 atom stereocenters. The van der Waals surface area contributed by atoms with Crippen LogP contribution < -0.4 is 9.62 Å². The van der Waals surface area contributed by atoms with E-state index < -0.39 is 22.0 Å². The molecule has 1 N–H and O–H groups in total. The molecule has 0 heterocycles. The lowest BCUT2D eigenvalue weighted by Crippen LogP contribution is -2.54. The van der Waals surface area contributed by atoms with E-state index >= 15 is 0 Å². The van der Waals surface area contributed by atoms with Crippen molar-refractivity contribution in [3.8, 4) is 0 Å². The topological polar surface area (TPSA) is 86.8 Å². The first-order valence-corrected chi connectivity index (χ1v) is 14.3. The van der Waals surface area contributed by atoms with Crippen molar-refractivity contribution in [3.63, 3.8) is 0 Å². The van der Waals surface area contributed by atoms with E-state index in [0.29, 0.717) is 25.1 Å². The Morgan fingerprint density at radius 1 is 0.972 bits per heavy atom. The van der Waals surface area contributed by atoms with Crippen LogP contribution in [0, 0.1) is 0 Å². The Labute approximate surface area is 216 Å². The van der Waals surface area contributed by atoms with E-state index in [2.05, 4.69) is 26.1 Å². The number of sulfonamides is 1. The first-order valence-electron chi connectivity index (χ1n) is 12.5. The highest BCUT2D eigenvalue weighted by Gasteiger charge is 2.31. The van der Waals surface area contributed by atoms with Gasteiger partial charge in [-0.25, -0.2) is 8.42 Å². The molecule has 0 aromatic heterocycles. The third kappa shape index (κ3) is 8.36. The molecule has 198 valence electrons. The monoisotopic (exact) mass is 515 g/mol. The number of nitrogens with zero attached hydrogens (tertiary/aromatic N) is 2. The maximum absolute atomic E-state index is 13.7. The highest BCUT2D eigenvalue weighted by atomic mass is 32.2. The fourth-order valence-electron chi connectivity index (χ4n) is 4.02. The van der Waals surface area contributed by atoms with E-state index in [9.17, 15) is 18.0 Å². The van der Waals surface area contributed by atoms with Crippen LogP contribution in [-0.4, -0.2) is 56.6 Å². The zero-order valence-electron chi connectivity index (χ0n) is 22.6. The minimum atomic E-state index is -3.75. The summed E-state index contributed by atoms with van der Waals surface area (Å²) in [6.07, 6.45) is 2.06. The van der Waals surface area contributed by atoms with Crippen LogP contribution in [0.2, 0.25) is 0 Å². The summed E-state index contributed by atoms with van der Waals surface area (Å²) in [6.45, 7) is 11.8. The van der Waals surface area contributed by atoms with Gasteiger partial charge in [-0.1, -0.05) is 70.2 Å². The van der Waals surface area contributed by atoms with Crippen molar-refractivity contribution >= 4 is 27.5 Å². The maximum atomic E-state index is 13.7. The molecule has 2 amide bonds. The first-order chi connectivity index (χ1) is 16.7. The molecule has 36 heavy (non-hydrogen) atoms. The second-order valence-electron chi connectivity index (χ2n) is 10.5. The Morgan fingerprint density at radius 3 is 2.03 bits per heavy atom. The lowest BCUT2D eigenvalue weighted by Gasteiger charge is -2.33. The number of anilines is 1. The molecule has 0 aliphatic rings. The second-order valence-corrected chi connectivity index (χ2v) is 12.4. The summed E-state index contributed by atoms with van der Waals surface area (Å²) in [5.41, 5.74) is 2.43. The van der Waals surface area contributed by atoms with Crippen LogP contribution in [0.25, 0.3) is 0 Å². The smallest absolute Gasteiger partial charge is 0.244 e. The van der Waals surface area contributed by atoms with Gasteiger partial charge in [-0.2, -0.15) is 0 Å². The number of carbonyl (C=O) groups is 2. The molecule has 0 saturated carbocycles. The largest absolute Gasteiger partial charge is 0.352 e. The van der Waals surface area contributed by atoms with E-state index in [-0.39, 0.29) is 23.9 Å². The average molecular weight is 516 g/mol. The minimum Gasteiger partial charge on any atom is -0.352 e. The number of hydrogen-bond donors (Lipinski definition) is 1. The molecule has 0 aliphatic carbocycles. The van der Waals surface area contributed by atoms with Crippen LogP contribution >= 0.6 is 0 Å². The number of rotatable bonds is 11. The summed E-state index contributed by atoms with van der Waals surface area (Å²) in [5, 5.41) is 2.90. The van der Waals surface area contributed by atoms with Crippen molar-refractivity contribution in [2.45, 2.75) is 71.9 Å². The van der Waals surface area contributed by atoms with Gasteiger partial charge in [0.05, 0.1) is 11.9 Å². The molecule has 2 aromatic rings. The molecule has 7 nitrogen and oxygen atoms in total. The van der Waals surface area contributed by atoms with Crippen molar-refractivity contribution in [1.82, 2.24) is 10.2 Å². The van der Waals surface area contributed by atoms with Gasteiger partial charge in [-0.3, -0.25) is 13.9 Å². The van der Waals surface area contributed by atoms with Gasteiger partial charge in [0, 0.05) is 12.6 Å². The molecule has 0 aliphatic heterocycles. The number of benzene rings is 2. The van der Waals surface area contributed by atoms with E-state index in [1.165, 1.54) is 4.90 Å². The highest BCUT2D eigenvalue weighted by Crippen LogP contribution is 2.26. The van der Waals surface area contributed by atoms with Crippen molar-refractivity contribution in [2.75, 3.05) is 23.7 Å². The van der Waals surface area contributed by atoms with Gasteiger partial charge in [-0.15, -0.1) is 0 Å². The molecule has 0 spiro atoms.